The van der Waals surface area contributed by atoms with Gasteiger partial charge in [0, 0.05) is 0 Å². The normalized spacial score (nSPS) is 11.9. The molecule has 0 heteroatoms. The highest BCUT2D eigenvalue weighted by molar-refractivity contribution is 6.20. The lowest BCUT2D eigenvalue weighted by atomic mass is 9.88. The van der Waals surface area contributed by atoms with E-state index in [-0.39, 0.29) is 0 Å². The molecule has 0 fully saturated rings. The average molecular weight is 423 g/mol. The van der Waals surface area contributed by atoms with Crippen LogP contribution in [0.4, 0.5) is 0 Å². The zero-order valence-electron chi connectivity index (χ0n) is 19.1. The van der Waals surface area contributed by atoms with E-state index in [0.29, 0.717) is 0 Å². The second kappa shape index (κ2) is 7.90. The molecule has 0 aromatic heterocycles. The van der Waals surface area contributed by atoms with Gasteiger partial charge in [-0.25, -0.2) is 0 Å². The molecule has 33 heavy (non-hydrogen) atoms. The number of hydrogen-bond acceptors (Lipinski definition) is 0. The Labute approximate surface area is 194 Å². The summed E-state index contributed by atoms with van der Waals surface area (Å²) < 4.78 is 0. The largest absolute Gasteiger partial charge is 0.0842 e. The van der Waals surface area contributed by atoms with Crippen molar-refractivity contribution in [3.63, 3.8) is 0 Å². The minimum atomic E-state index is 1.05. The molecule has 0 aliphatic rings. The minimum absolute atomic E-state index is 1.05. The number of allylic oxidation sites excluding steroid dienone is 1. The Morgan fingerprint density at radius 3 is 1.97 bits per heavy atom. The van der Waals surface area contributed by atoms with Gasteiger partial charge in [-0.1, -0.05) is 104 Å². The summed E-state index contributed by atoms with van der Waals surface area (Å²) >= 11 is 0. The van der Waals surface area contributed by atoms with Gasteiger partial charge >= 0.3 is 0 Å². The van der Waals surface area contributed by atoms with Gasteiger partial charge in [0.2, 0.25) is 0 Å². The predicted molar refractivity (Wildman–Crippen MR) is 146 cm³/mol. The fourth-order valence-electron chi connectivity index (χ4n) is 5.22. The maximum atomic E-state index is 2.37. The summed E-state index contributed by atoms with van der Waals surface area (Å²) in [6, 6.07) is 35.9. The Morgan fingerprint density at radius 2 is 1.24 bits per heavy atom. The third kappa shape index (κ3) is 3.22. The first kappa shape index (κ1) is 19.8. The van der Waals surface area contributed by atoms with Crippen molar-refractivity contribution >= 4 is 49.2 Å². The minimum Gasteiger partial charge on any atom is -0.0842 e. The second-order valence-corrected chi connectivity index (χ2v) is 8.90. The molecule has 0 nitrogen and oxygen atoms in total. The van der Waals surface area contributed by atoms with Gasteiger partial charge in [-0.15, -0.1) is 0 Å². The molecule has 0 saturated heterocycles. The summed E-state index contributed by atoms with van der Waals surface area (Å²) in [5, 5.41) is 10.4. The summed E-state index contributed by atoms with van der Waals surface area (Å²) in [5.41, 5.74) is 5.25. The highest BCUT2D eigenvalue weighted by Crippen LogP contribution is 2.41. The number of hydrogen-bond donors (Lipinski definition) is 0. The molecule has 0 heterocycles. The van der Waals surface area contributed by atoms with Crippen molar-refractivity contribution in [3.05, 3.63) is 114 Å². The summed E-state index contributed by atoms with van der Waals surface area (Å²) in [6.07, 6.45) is 5.55. The van der Waals surface area contributed by atoms with E-state index in [0.717, 1.165) is 6.42 Å². The van der Waals surface area contributed by atoms with Crippen molar-refractivity contribution in [2.45, 2.75) is 20.3 Å². The van der Waals surface area contributed by atoms with Gasteiger partial charge < -0.3 is 0 Å². The van der Waals surface area contributed by atoms with Gasteiger partial charge in [-0.3, -0.25) is 0 Å². The molecule has 0 bridgehead atoms. The molecule has 0 amide bonds. The first-order valence-corrected chi connectivity index (χ1v) is 11.8. The summed E-state index contributed by atoms with van der Waals surface area (Å²) in [4.78, 5) is 0. The Balaban J connectivity index is 1.73. The van der Waals surface area contributed by atoms with Crippen LogP contribution in [-0.4, -0.2) is 0 Å². The fraction of sp³-hybridized carbons (Fsp3) is 0.0909. The van der Waals surface area contributed by atoms with E-state index in [4.69, 9.17) is 0 Å². The van der Waals surface area contributed by atoms with Crippen molar-refractivity contribution < 1.29 is 0 Å². The Bertz CT molecular complexity index is 1650. The third-order valence-corrected chi connectivity index (χ3v) is 6.84. The molecule has 0 atom stereocenters. The van der Waals surface area contributed by atoms with E-state index in [1.807, 2.05) is 0 Å². The topological polar surface area (TPSA) is 0 Å². The number of aryl methyl sites for hydroxylation is 1. The highest BCUT2D eigenvalue weighted by atomic mass is 14.2. The van der Waals surface area contributed by atoms with Crippen LogP contribution in [0.1, 0.15) is 24.5 Å². The van der Waals surface area contributed by atoms with Gasteiger partial charge in [-0.2, -0.15) is 0 Å². The molecule has 0 saturated carbocycles. The van der Waals surface area contributed by atoms with Gasteiger partial charge in [0.15, 0.2) is 0 Å². The van der Waals surface area contributed by atoms with E-state index >= 15 is 0 Å². The van der Waals surface area contributed by atoms with Gasteiger partial charge in [0.1, 0.15) is 0 Å². The third-order valence-electron chi connectivity index (χ3n) is 6.84. The van der Waals surface area contributed by atoms with Gasteiger partial charge in [0.25, 0.3) is 0 Å². The first-order chi connectivity index (χ1) is 16.2. The quantitative estimate of drug-likeness (QED) is 0.197. The summed E-state index contributed by atoms with van der Waals surface area (Å²) in [5.74, 6) is 0. The molecule has 0 unspecified atom stereocenters. The Kier molecular flexibility index (Phi) is 4.73. The van der Waals surface area contributed by atoms with E-state index < -0.39 is 0 Å². The van der Waals surface area contributed by atoms with Gasteiger partial charge in [0.05, 0.1) is 0 Å². The number of benzene rings is 6. The summed E-state index contributed by atoms with van der Waals surface area (Å²) in [6.45, 7) is 4.39. The molecular weight excluding hydrogens is 396 g/mol. The summed E-state index contributed by atoms with van der Waals surface area (Å²) in [7, 11) is 0. The molecule has 0 spiro atoms. The first-order valence-electron chi connectivity index (χ1n) is 11.8. The molecule has 0 radical (unpaired) electrons. The zero-order valence-corrected chi connectivity index (χ0v) is 19.1. The van der Waals surface area contributed by atoms with Crippen LogP contribution in [0.2, 0.25) is 0 Å². The van der Waals surface area contributed by atoms with Crippen LogP contribution in [0, 0.1) is 6.92 Å². The lowest BCUT2D eigenvalue weighted by molar-refractivity contribution is 1.23. The highest BCUT2D eigenvalue weighted by Gasteiger charge is 2.14. The van der Waals surface area contributed by atoms with Crippen LogP contribution in [0.3, 0.4) is 0 Å². The van der Waals surface area contributed by atoms with E-state index in [9.17, 15) is 0 Å². The maximum Gasteiger partial charge on any atom is -0.00206 e. The number of rotatable bonds is 3. The van der Waals surface area contributed by atoms with Crippen molar-refractivity contribution in [2.75, 3.05) is 0 Å². The molecule has 158 valence electrons. The van der Waals surface area contributed by atoms with Crippen LogP contribution >= 0.6 is 0 Å². The van der Waals surface area contributed by atoms with E-state index in [1.165, 1.54) is 65.3 Å². The molecule has 6 aromatic carbocycles. The standard InChI is InChI=1S/C33H26/c1-3-4-10-23-21-32-26(19-22(23)2)17-18-30-29(32)15-9-16-31(30)33-27-13-7-5-11-24(27)20-25-12-6-8-14-28(25)33/h4-21H,3H2,1-2H3/b10-4-. The molecule has 6 rings (SSSR count). The van der Waals surface area contributed by atoms with Crippen molar-refractivity contribution in [2.24, 2.45) is 0 Å². The Hall–Kier alpha value is -3.90. The zero-order chi connectivity index (χ0) is 22.4. The average Bonchev–Trinajstić information content (AvgIpc) is 2.85. The van der Waals surface area contributed by atoms with Crippen LogP contribution < -0.4 is 0 Å². The van der Waals surface area contributed by atoms with Crippen molar-refractivity contribution in [3.8, 4) is 11.1 Å². The lowest BCUT2D eigenvalue weighted by Crippen LogP contribution is -1.89. The smallest absolute Gasteiger partial charge is 0.00206 e. The molecule has 6 aromatic rings. The van der Waals surface area contributed by atoms with Crippen LogP contribution in [0.25, 0.3) is 60.3 Å². The molecule has 0 N–H and O–H groups in total. The van der Waals surface area contributed by atoms with Crippen LogP contribution in [0.5, 0.6) is 0 Å². The van der Waals surface area contributed by atoms with E-state index in [2.05, 4.69) is 123 Å². The molecule has 0 aliphatic heterocycles. The van der Waals surface area contributed by atoms with Crippen molar-refractivity contribution in [1.82, 2.24) is 0 Å². The monoisotopic (exact) mass is 422 g/mol. The lowest BCUT2D eigenvalue weighted by Gasteiger charge is -2.16. The van der Waals surface area contributed by atoms with Crippen LogP contribution in [-0.2, 0) is 0 Å². The Morgan fingerprint density at radius 1 is 0.576 bits per heavy atom. The number of fused-ring (bicyclic) bond motifs is 5. The fourth-order valence-corrected chi connectivity index (χ4v) is 5.22. The van der Waals surface area contributed by atoms with Crippen LogP contribution in [0.15, 0.2) is 103 Å². The van der Waals surface area contributed by atoms with Crippen molar-refractivity contribution in [1.29, 1.82) is 0 Å². The SMILES string of the molecule is CC/C=C\c1cc2c(ccc3c(-c4c5ccccc5cc5ccccc45)cccc32)cc1C. The second-order valence-electron chi connectivity index (χ2n) is 8.90. The molecular formula is C33H26. The van der Waals surface area contributed by atoms with E-state index in [1.54, 1.807) is 0 Å². The maximum absolute atomic E-state index is 2.37. The van der Waals surface area contributed by atoms with Gasteiger partial charge in [-0.05, 0) is 90.8 Å². The molecule has 0 aliphatic carbocycles. The predicted octanol–water partition coefficient (Wildman–Crippen LogP) is 9.70.